The van der Waals surface area contributed by atoms with Gasteiger partial charge in [0, 0.05) is 24.2 Å². The molecule has 0 amide bonds. The van der Waals surface area contributed by atoms with Crippen LogP contribution in [0.15, 0.2) is 60.7 Å². The van der Waals surface area contributed by atoms with Crippen LogP contribution in [0.4, 0.5) is 11.6 Å². The summed E-state index contributed by atoms with van der Waals surface area (Å²) in [6.07, 6.45) is 0. The normalized spacial score (nSPS) is 10.9. The van der Waals surface area contributed by atoms with Gasteiger partial charge >= 0.3 is 0 Å². The molecule has 4 rings (SSSR count). The van der Waals surface area contributed by atoms with E-state index < -0.39 is 0 Å². The maximum absolute atomic E-state index is 9.21. The summed E-state index contributed by atoms with van der Waals surface area (Å²) in [5, 5.41) is 33.0. The topological polar surface area (TPSA) is 116 Å². The maximum Gasteiger partial charge on any atom is 0.177 e. The fourth-order valence-electron chi connectivity index (χ4n) is 3.14. The molecular weight excluding hydrogens is 380 g/mol. The van der Waals surface area contributed by atoms with E-state index in [1.807, 2.05) is 60.7 Å². The standard InChI is InChI=1S/C22H22N6O2/c29-13-11-23-21-19-20(22(28-27-21)24-12-14-30)26-18(16-9-5-2-6-10-16)17(25-19)15-7-3-1-4-8-15/h1-10,29-30H,11-14H2,(H,23,27)(H,24,28). The number of nitrogens with one attached hydrogen (secondary N) is 2. The predicted molar refractivity (Wildman–Crippen MR) is 117 cm³/mol. The van der Waals surface area contributed by atoms with E-state index in [0.29, 0.717) is 35.8 Å². The van der Waals surface area contributed by atoms with Crippen molar-refractivity contribution < 1.29 is 10.2 Å². The Kier molecular flexibility index (Phi) is 6.07. The number of anilines is 2. The highest BCUT2D eigenvalue weighted by Gasteiger charge is 2.18. The molecule has 0 bridgehead atoms. The Morgan fingerprint density at radius 2 is 1.00 bits per heavy atom. The average molecular weight is 402 g/mol. The lowest BCUT2D eigenvalue weighted by Crippen LogP contribution is -2.13. The minimum Gasteiger partial charge on any atom is -0.395 e. The fourth-order valence-corrected chi connectivity index (χ4v) is 3.14. The first kappa shape index (κ1) is 19.7. The van der Waals surface area contributed by atoms with Crippen molar-refractivity contribution in [3.8, 4) is 22.5 Å². The van der Waals surface area contributed by atoms with Crippen LogP contribution in [0.1, 0.15) is 0 Å². The fraction of sp³-hybridized carbons (Fsp3) is 0.182. The molecule has 0 aliphatic carbocycles. The molecule has 0 aliphatic heterocycles. The summed E-state index contributed by atoms with van der Waals surface area (Å²) in [5.74, 6) is 0.885. The van der Waals surface area contributed by atoms with Crippen molar-refractivity contribution in [3.05, 3.63) is 60.7 Å². The molecule has 0 atom stereocenters. The van der Waals surface area contributed by atoms with Gasteiger partial charge in [-0.2, -0.15) is 0 Å². The number of fused-ring (bicyclic) bond motifs is 1. The Hall–Kier alpha value is -3.62. The predicted octanol–water partition coefficient (Wildman–Crippen LogP) is 2.56. The van der Waals surface area contributed by atoms with Gasteiger partial charge in [0.1, 0.15) is 11.0 Å². The van der Waals surface area contributed by atoms with E-state index in [-0.39, 0.29) is 13.2 Å². The van der Waals surface area contributed by atoms with Crippen molar-refractivity contribution in [3.63, 3.8) is 0 Å². The zero-order chi connectivity index (χ0) is 20.8. The number of aromatic nitrogens is 4. The number of nitrogens with zero attached hydrogens (tertiary/aromatic N) is 4. The van der Waals surface area contributed by atoms with Gasteiger partial charge in [0.15, 0.2) is 11.6 Å². The van der Waals surface area contributed by atoms with Crippen molar-refractivity contribution >= 4 is 22.7 Å². The van der Waals surface area contributed by atoms with Crippen molar-refractivity contribution in [2.45, 2.75) is 0 Å². The Bertz CT molecular complexity index is 1030. The van der Waals surface area contributed by atoms with E-state index in [9.17, 15) is 10.2 Å². The molecule has 0 radical (unpaired) electrons. The smallest absolute Gasteiger partial charge is 0.177 e. The van der Waals surface area contributed by atoms with Crippen LogP contribution >= 0.6 is 0 Å². The number of rotatable bonds is 8. The van der Waals surface area contributed by atoms with Crippen LogP contribution in [-0.2, 0) is 0 Å². The van der Waals surface area contributed by atoms with Crippen LogP contribution in [0.3, 0.4) is 0 Å². The highest BCUT2D eigenvalue weighted by molar-refractivity contribution is 5.96. The van der Waals surface area contributed by atoms with Crippen LogP contribution in [-0.4, -0.2) is 56.7 Å². The van der Waals surface area contributed by atoms with Crippen LogP contribution < -0.4 is 10.6 Å². The summed E-state index contributed by atoms with van der Waals surface area (Å²) < 4.78 is 0. The second kappa shape index (κ2) is 9.25. The van der Waals surface area contributed by atoms with Gasteiger partial charge in [-0.25, -0.2) is 9.97 Å². The molecule has 0 saturated carbocycles. The van der Waals surface area contributed by atoms with E-state index in [4.69, 9.17) is 9.97 Å². The second-order valence-electron chi connectivity index (χ2n) is 6.55. The SMILES string of the molecule is OCCNc1nnc(NCCO)c2nc(-c3ccccc3)c(-c3ccccc3)nc12. The average Bonchev–Trinajstić information content (AvgIpc) is 2.82. The quantitative estimate of drug-likeness (QED) is 0.355. The van der Waals surface area contributed by atoms with Crippen LogP contribution in [0, 0.1) is 0 Å². The van der Waals surface area contributed by atoms with Gasteiger partial charge in [-0.15, -0.1) is 10.2 Å². The van der Waals surface area contributed by atoms with Gasteiger partial charge in [0.25, 0.3) is 0 Å². The Morgan fingerprint density at radius 3 is 1.37 bits per heavy atom. The first-order valence-electron chi connectivity index (χ1n) is 9.70. The first-order chi connectivity index (χ1) is 14.8. The Balaban J connectivity index is 1.99. The van der Waals surface area contributed by atoms with E-state index >= 15 is 0 Å². The molecule has 2 aromatic carbocycles. The summed E-state index contributed by atoms with van der Waals surface area (Å²) in [6, 6.07) is 19.7. The number of aliphatic hydroxyl groups is 2. The minimum atomic E-state index is -0.0469. The molecule has 8 heteroatoms. The van der Waals surface area contributed by atoms with Gasteiger partial charge in [0.05, 0.1) is 24.6 Å². The van der Waals surface area contributed by atoms with Crippen LogP contribution in [0.5, 0.6) is 0 Å². The number of benzene rings is 2. The van der Waals surface area contributed by atoms with Crippen molar-refractivity contribution in [2.24, 2.45) is 0 Å². The molecule has 8 nitrogen and oxygen atoms in total. The summed E-state index contributed by atoms with van der Waals surface area (Å²) in [6.45, 7) is 0.537. The monoisotopic (exact) mass is 402 g/mol. The van der Waals surface area contributed by atoms with Crippen molar-refractivity contribution in [1.29, 1.82) is 0 Å². The third kappa shape index (κ3) is 4.05. The van der Waals surface area contributed by atoms with Gasteiger partial charge in [-0.3, -0.25) is 0 Å². The lowest BCUT2D eigenvalue weighted by atomic mass is 10.0. The van der Waals surface area contributed by atoms with Crippen molar-refractivity contribution in [1.82, 2.24) is 20.2 Å². The summed E-state index contributed by atoms with van der Waals surface area (Å²) in [4.78, 5) is 9.86. The molecule has 0 aliphatic rings. The van der Waals surface area contributed by atoms with E-state index in [2.05, 4.69) is 20.8 Å². The maximum atomic E-state index is 9.21. The third-order valence-electron chi connectivity index (χ3n) is 4.50. The zero-order valence-electron chi connectivity index (χ0n) is 16.3. The Morgan fingerprint density at radius 1 is 0.600 bits per heavy atom. The second-order valence-corrected chi connectivity index (χ2v) is 6.55. The molecule has 4 N–H and O–H groups in total. The minimum absolute atomic E-state index is 0.0469. The summed E-state index contributed by atoms with van der Waals surface area (Å²) >= 11 is 0. The molecule has 2 heterocycles. The molecule has 0 spiro atoms. The van der Waals surface area contributed by atoms with Crippen LogP contribution in [0.2, 0.25) is 0 Å². The third-order valence-corrected chi connectivity index (χ3v) is 4.50. The van der Waals surface area contributed by atoms with E-state index in [1.54, 1.807) is 0 Å². The first-order valence-corrected chi connectivity index (χ1v) is 9.70. The highest BCUT2D eigenvalue weighted by Crippen LogP contribution is 2.33. The lowest BCUT2D eigenvalue weighted by Gasteiger charge is -2.14. The molecule has 30 heavy (non-hydrogen) atoms. The molecular formula is C22H22N6O2. The molecule has 152 valence electrons. The number of hydrogen-bond acceptors (Lipinski definition) is 8. The van der Waals surface area contributed by atoms with Crippen molar-refractivity contribution in [2.75, 3.05) is 36.9 Å². The Labute approximate surface area is 173 Å². The molecule has 2 aromatic heterocycles. The zero-order valence-corrected chi connectivity index (χ0v) is 16.3. The summed E-state index contributed by atoms with van der Waals surface area (Å²) in [7, 11) is 0. The largest absolute Gasteiger partial charge is 0.395 e. The number of hydrogen-bond donors (Lipinski definition) is 4. The molecule has 0 fully saturated rings. The molecule has 0 unspecified atom stereocenters. The van der Waals surface area contributed by atoms with Gasteiger partial charge < -0.3 is 20.8 Å². The summed E-state index contributed by atoms with van der Waals surface area (Å²) in [5.41, 5.74) is 4.39. The van der Waals surface area contributed by atoms with Crippen LogP contribution in [0.25, 0.3) is 33.5 Å². The lowest BCUT2D eigenvalue weighted by molar-refractivity contribution is 0.310. The highest BCUT2D eigenvalue weighted by atomic mass is 16.3. The molecule has 0 saturated heterocycles. The van der Waals surface area contributed by atoms with Gasteiger partial charge in [-0.1, -0.05) is 60.7 Å². The van der Waals surface area contributed by atoms with E-state index in [1.165, 1.54) is 0 Å². The van der Waals surface area contributed by atoms with Gasteiger partial charge in [0.2, 0.25) is 0 Å². The van der Waals surface area contributed by atoms with E-state index in [0.717, 1.165) is 22.5 Å². The molecule has 4 aromatic rings. The van der Waals surface area contributed by atoms with Gasteiger partial charge in [-0.05, 0) is 0 Å². The number of aliphatic hydroxyl groups excluding tert-OH is 2.